The molecule has 0 aliphatic rings. The average Bonchev–Trinajstić information content (AvgIpc) is 2.84. The van der Waals surface area contributed by atoms with Crippen LogP contribution >= 0.6 is 0 Å². The Morgan fingerprint density at radius 3 is 2.55 bits per heavy atom. The number of hydrogen-bond donors (Lipinski definition) is 2. The van der Waals surface area contributed by atoms with Crippen LogP contribution in [0.4, 0.5) is 5.69 Å². The Bertz CT molecular complexity index is 733. The average molecular weight is 295 g/mol. The van der Waals surface area contributed by atoms with E-state index in [0.717, 1.165) is 6.26 Å². The number of anilines is 1. The molecule has 106 valence electrons. The summed E-state index contributed by atoms with van der Waals surface area (Å²) in [6, 6.07) is 9.36. The van der Waals surface area contributed by atoms with E-state index in [0.29, 0.717) is 11.4 Å². The summed E-state index contributed by atoms with van der Waals surface area (Å²) in [7, 11) is -3.33. The van der Waals surface area contributed by atoms with Crippen molar-refractivity contribution in [3.63, 3.8) is 0 Å². The molecule has 0 spiro atoms. The van der Waals surface area contributed by atoms with Crippen molar-refractivity contribution in [1.82, 2.24) is 0 Å². The van der Waals surface area contributed by atoms with Crippen LogP contribution in [-0.2, 0) is 16.4 Å². The normalized spacial score (nSPS) is 11.2. The van der Waals surface area contributed by atoms with Crippen molar-refractivity contribution in [1.29, 1.82) is 0 Å². The lowest BCUT2D eigenvalue weighted by Gasteiger charge is -2.09. The second-order valence-corrected chi connectivity index (χ2v) is 6.18. The van der Waals surface area contributed by atoms with E-state index in [1.807, 2.05) is 0 Å². The van der Waals surface area contributed by atoms with E-state index in [4.69, 9.17) is 9.52 Å². The molecule has 2 rings (SSSR count). The summed E-state index contributed by atoms with van der Waals surface area (Å²) in [6.45, 7) is 0.194. The first-order valence-corrected chi connectivity index (χ1v) is 7.62. The number of carboxylic acid groups (broad SMARTS) is 1. The molecule has 0 saturated carbocycles. The molecular weight excluding hydrogens is 282 g/mol. The zero-order chi connectivity index (χ0) is 14.8. The van der Waals surface area contributed by atoms with E-state index in [2.05, 4.69) is 5.32 Å². The Kier molecular flexibility index (Phi) is 3.80. The molecular formula is C13H13NO5S. The van der Waals surface area contributed by atoms with Gasteiger partial charge in [-0.05, 0) is 24.3 Å². The lowest BCUT2D eigenvalue weighted by Crippen LogP contribution is -2.05. The van der Waals surface area contributed by atoms with Crippen LogP contribution in [0, 0.1) is 0 Å². The first kappa shape index (κ1) is 14.1. The Morgan fingerprint density at radius 1 is 1.25 bits per heavy atom. The smallest absolute Gasteiger partial charge is 0.371 e. The molecule has 0 bridgehead atoms. The summed E-state index contributed by atoms with van der Waals surface area (Å²) in [5.74, 6) is -0.892. The summed E-state index contributed by atoms with van der Waals surface area (Å²) in [6.07, 6.45) is 1.13. The quantitative estimate of drug-likeness (QED) is 0.875. The highest BCUT2D eigenvalue weighted by atomic mass is 32.2. The van der Waals surface area contributed by atoms with E-state index in [1.165, 1.54) is 18.2 Å². The van der Waals surface area contributed by atoms with Crippen LogP contribution in [-0.4, -0.2) is 25.7 Å². The van der Waals surface area contributed by atoms with Crippen molar-refractivity contribution < 1.29 is 22.7 Å². The van der Waals surface area contributed by atoms with Crippen molar-refractivity contribution in [2.45, 2.75) is 11.4 Å². The Morgan fingerprint density at radius 2 is 1.95 bits per heavy atom. The SMILES string of the molecule is CS(=O)(=O)c1ccccc1NCc1ccc(C(=O)O)o1. The third-order valence-electron chi connectivity index (χ3n) is 2.61. The Balaban J connectivity index is 2.17. The topological polar surface area (TPSA) is 96.6 Å². The molecule has 0 fully saturated rings. The van der Waals surface area contributed by atoms with Gasteiger partial charge in [0.1, 0.15) is 5.76 Å². The fourth-order valence-electron chi connectivity index (χ4n) is 1.71. The summed E-state index contributed by atoms with van der Waals surface area (Å²) in [5.41, 5.74) is 0.447. The van der Waals surface area contributed by atoms with Crippen LogP contribution in [0.1, 0.15) is 16.3 Å². The maximum absolute atomic E-state index is 11.6. The minimum Gasteiger partial charge on any atom is -0.475 e. The van der Waals surface area contributed by atoms with Crippen molar-refractivity contribution in [2.24, 2.45) is 0 Å². The number of sulfone groups is 1. The molecule has 1 aromatic carbocycles. The third kappa shape index (κ3) is 3.18. The monoisotopic (exact) mass is 295 g/mol. The summed E-state index contributed by atoms with van der Waals surface area (Å²) in [4.78, 5) is 10.9. The molecule has 2 aromatic rings. The highest BCUT2D eigenvalue weighted by molar-refractivity contribution is 7.90. The molecule has 0 atom stereocenters. The second kappa shape index (κ2) is 5.38. The molecule has 0 amide bonds. The third-order valence-corrected chi connectivity index (χ3v) is 3.77. The van der Waals surface area contributed by atoms with Crippen LogP contribution in [0.15, 0.2) is 45.7 Å². The summed E-state index contributed by atoms with van der Waals surface area (Å²) in [5, 5.41) is 11.7. The maximum atomic E-state index is 11.6. The van der Waals surface area contributed by atoms with Crippen LogP contribution in [0.5, 0.6) is 0 Å². The van der Waals surface area contributed by atoms with Crippen molar-refractivity contribution >= 4 is 21.5 Å². The van der Waals surface area contributed by atoms with E-state index in [9.17, 15) is 13.2 Å². The molecule has 0 unspecified atom stereocenters. The van der Waals surface area contributed by atoms with Gasteiger partial charge in [0.2, 0.25) is 5.76 Å². The van der Waals surface area contributed by atoms with Crippen LogP contribution in [0.3, 0.4) is 0 Å². The minimum atomic E-state index is -3.33. The number of hydrogen-bond acceptors (Lipinski definition) is 5. The fraction of sp³-hybridized carbons (Fsp3) is 0.154. The molecule has 1 aromatic heterocycles. The molecule has 1 heterocycles. The molecule has 0 saturated heterocycles. The lowest BCUT2D eigenvalue weighted by atomic mass is 10.3. The van der Waals surface area contributed by atoms with Crippen LogP contribution < -0.4 is 5.32 Å². The number of benzene rings is 1. The van der Waals surface area contributed by atoms with Crippen molar-refractivity contribution in [3.05, 3.63) is 47.9 Å². The highest BCUT2D eigenvalue weighted by Gasteiger charge is 2.13. The van der Waals surface area contributed by atoms with Gasteiger partial charge in [0.15, 0.2) is 9.84 Å². The summed E-state index contributed by atoms with van der Waals surface area (Å²) < 4.78 is 28.3. The zero-order valence-corrected chi connectivity index (χ0v) is 11.5. The Labute approximate surface area is 116 Å². The largest absolute Gasteiger partial charge is 0.475 e. The number of carboxylic acids is 1. The van der Waals surface area contributed by atoms with E-state index < -0.39 is 15.8 Å². The first-order chi connectivity index (χ1) is 9.38. The van der Waals surface area contributed by atoms with Gasteiger partial charge in [-0.1, -0.05) is 12.1 Å². The van der Waals surface area contributed by atoms with Crippen LogP contribution in [0.25, 0.3) is 0 Å². The van der Waals surface area contributed by atoms with Gasteiger partial charge in [-0.3, -0.25) is 0 Å². The van der Waals surface area contributed by atoms with Gasteiger partial charge >= 0.3 is 5.97 Å². The van der Waals surface area contributed by atoms with Gasteiger partial charge in [0.25, 0.3) is 0 Å². The first-order valence-electron chi connectivity index (χ1n) is 5.73. The fourth-order valence-corrected chi connectivity index (χ4v) is 2.57. The van der Waals surface area contributed by atoms with Gasteiger partial charge in [0, 0.05) is 6.26 Å². The van der Waals surface area contributed by atoms with Crippen LogP contribution in [0.2, 0.25) is 0 Å². The lowest BCUT2D eigenvalue weighted by molar-refractivity contribution is 0.0660. The highest BCUT2D eigenvalue weighted by Crippen LogP contribution is 2.21. The standard InChI is InChI=1S/C13H13NO5S/c1-20(17,18)12-5-3-2-4-10(12)14-8-9-6-7-11(19-9)13(15)16/h2-7,14H,8H2,1H3,(H,15,16). The van der Waals surface area contributed by atoms with E-state index in [-0.39, 0.29) is 17.2 Å². The maximum Gasteiger partial charge on any atom is 0.371 e. The van der Waals surface area contributed by atoms with Gasteiger partial charge in [-0.2, -0.15) is 0 Å². The molecule has 7 heteroatoms. The number of furan rings is 1. The number of aromatic carboxylic acids is 1. The molecule has 20 heavy (non-hydrogen) atoms. The van der Waals surface area contributed by atoms with Gasteiger partial charge < -0.3 is 14.8 Å². The number of para-hydroxylation sites is 1. The molecule has 6 nitrogen and oxygen atoms in total. The van der Waals surface area contributed by atoms with E-state index in [1.54, 1.807) is 18.2 Å². The number of carbonyl (C=O) groups is 1. The predicted molar refractivity (Wildman–Crippen MR) is 72.5 cm³/mol. The minimum absolute atomic E-state index is 0.154. The molecule has 0 aliphatic carbocycles. The molecule has 0 aliphatic heterocycles. The Hall–Kier alpha value is -2.28. The molecule has 0 radical (unpaired) electrons. The number of rotatable bonds is 5. The number of nitrogens with one attached hydrogen (secondary N) is 1. The van der Waals surface area contributed by atoms with Gasteiger partial charge in [-0.25, -0.2) is 13.2 Å². The predicted octanol–water partition coefficient (Wildman–Crippen LogP) is 1.99. The molecule has 2 N–H and O–H groups in total. The second-order valence-electron chi connectivity index (χ2n) is 4.19. The van der Waals surface area contributed by atoms with Gasteiger partial charge in [-0.15, -0.1) is 0 Å². The van der Waals surface area contributed by atoms with Crippen molar-refractivity contribution in [3.8, 4) is 0 Å². The summed E-state index contributed by atoms with van der Waals surface area (Å²) >= 11 is 0. The van der Waals surface area contributed by atoms with Crippen molar-refractivity contribution in [2.75, 3.05) is 11.6 Å². The van der Waals surface area contributed by atoms with E-state index >= 15 is 0 Å². The zero-order valence-electron chi connectivity index (χ0n) is 10.7. The van der Waals surface area contributed by atoms with Gasteiger partial charge in [0.05, 0.1) is 17.1 Å².